The van der Waals surface area contributed by atoms with E-state index in [1.807, 2.05) is 42.5 Å². The molecule has 17 heavy (non-hydrogen) atoms. The van der Waals surface area contributed by atoms with Crippen molar-refractivity contribution in [2.24, 2.45) is 0 Å². The Morgan fingerprint density at radius 1 is 1.12 bits per heavy atom. The van der Waals surface area contributed by atoms with Gasteiger partial charge in [-0.2, -0.15) is 0 Å². The Kier molecular flexibility index (Phi) is 2.57. The highest BCUT2D eigenvalue weighted by molar-refractivity contribution is 7.80. The minimum absolute atomic E-state index is 0.706. The van der Waals surface area contributed by atoms with Gasteiger partial charge >= 0.3 is 0 Å². The molecular weight excluding hydrogens is 252 g/mol. The van der Waals surface area contributed by atoms with Gasteiger partial charge in [-0.3, -0.25) is 0 Å². The van der Waals surface area contributed by atoms with E-state index in [1.165, 1.54) is 0 Å². The number of H-pyrrole nitrogens is 1. The van der Waals surface area contributed by atoms with Gasteiger partial charge in [-0.25, -0.2) is 4.98 Å². The summed E-state index contributed by atoms with van der Waals surface area (Å²) in [4.78, 5) is 8.69. The van der Waals surface area contributed by atoms with Crippen LogP contribution in [0.15, 0.2) is 47.4 Å². The highest BCUT2D eigenvalue weighted by Gasteiger charge is 2.05. The van der Waals surface area contributed by atoms with Gasteiger partial charge in [0.15, 0.2) is 0 Å². The van der Waals surface area contributed by atoms with Crippen LogP contribution >= 0.6 is 24.2 Å². The van der Waals surface area contributed by atoms with E-state index in [2.05, 4.69) is 22.6 Å². The molecule has 0 bridgehead atoms. The molecule has 0 atom stereocenters. The number of hydrogen-bond donors (Lipinski definition) is 2. The first-order valence-electron chi connectivity index (χ1n) is 5.17. The lowest BCUT2D eigenvalue weighted by atomic mass is 10.2. The Morgan fingerprint density at radius 3 is 2.82 bits per heavy atom. The average Bonchev–Trinajstić information content (AvgIpc) is 2.72. The summed E-state index contributed by atoms with van der Waals surface area (Å²) in [5.74, 6) is 0.821. The molecule has 3 aromatic rings. The molecule has 4 heteroatoms. The molecule has 0 aliphatic heterocycles. The van der Waals surface area contributed by atoms with Crippen molar-refractivity contribution in [1.82, 2.24) is 9.97 Å². The molecular formula is C13H9ClN2S. The molecule has 1 N–H and O–H groups in total. The summed E-state index contributed by atoms with van der Waals surface area (Å²) in [6.07, 6.45) is 0. The molecule has 0 spiro atoms. The number of imidazole rings is 1. The fourth-order valence-corrected chi connectivity index (χ4v) is 2.16. The molecule has 0 aliphatic rings. The quantitative estimate of drug-likeness (QED) is 0.632. The van der Waals surface area contributed by atoms with E-state index in [0.717, 1.165) is 27.3 Å². The van der Waals surface area contributed by atoms with Gasteiger partial charge in [-0.15, -0.1) is 12.6 Å². The highest BCUT2D eigenvalue weighted by Crippen LogP contribution is 2.24. The third-order valence-electron chi connectivity index (χ3n) is 2.56. The zero-order valence-electron chi connectivity index (χ0n) is 8.81. The lowest BCUT2D eigenvalue weighted by molar-refractivity contribution is 1.34. The lowest BCUT2D eigenvalue weighted by Crippen LogP contribution is -1.79. The van der Waals surface area contributed by atoms with Crippen LogP contribution in [0.1, 0.15) is 0 Å². The number of aromatic amines is 1. The van der Waals surface area contributed by atoms with Crippen molar-refractivity contribution < 1.29 is 0 Å². The Labute approximate surface area is 109 Å². The largest absolute Gasteiger partial charge is 0.338 e. The maximum atomic E-state index is 5.96. The monoisotopic (exact) mass is 260 g/mol. The molecule has 0 unspecified atom stereocenters. The van der Waals surface area contributed by atoms with E-state index in [9.17, 15) is 0 Å². The molecule has 3 rings (SSSR count). The van der Waals surface area contributed by atoms with Crippen LogP contribution in [-0.2, 0) is 0 Å². The van der Waals surface area contributed by atoms with Crippen LogP contribution in [0, 0.1) is 0 Å². The highest BCUT2D eigenvalue weighted by atomic mass is 35.5. The Balaban J connectivity index is 2.18. The zero-order chi connectivity index (χ0) is 11.8. The molecule has 0 saturated carbocycles. The van der Waals surface area contributed by atoms with Crippen LogP contribution in [0.25, 0.3) is 22.4 Å². The number of rotatable bonds is 1. The number of benzene rings is 2. The van der Waals surface area contributed by atoms with Crippen molar-refractivity contribution in [2.45, 2.75) is 4.90 Å². The van der Waals surface area contributed by atoms with Crippen molar-refractivity contribution in [1.29, 1.82) is 0 Å². The predicted octanol–water partition coefficient (Wildman–Crippen LogP) is 4.17. The molecule has 0 saturated heterocycles. The minimum Gasteiger partial charge on any atom is -0.338 e. The predicted molar refractivity (Wildman–Crippen MR) is 73.8 cm³/mol. The van der Waals surface area contributed by atoms with Crippen molar-refractivity contribution >= 4 is 35.3 Å². The molecule has 0 amide bonds. The first-order valence-corrected chi connectivity index (χ1v) is 5.99. The summed E-state index contributed by atoms with van der Waals surface area (Å²) in [5.41, 5.74) is 2.89. The smallest absolute Gasteiger partial charge is 0.138 e. The van der Waals surface area contributed by atoms with Gasteiger partial charge in [0.2, 0.25) is 0 Å². The Hall–Kier alpha value is -1.45. The maximum absolute atomic E-state index is 5.96. The van der Waals surface area contributed by atoms with Gasteiger partial charge in [0.05, 0.1) is 11.0 Å². The van der Waals surface area contributed by atoms with E-state index in [4.69, 9.17) is 11.6 Å². The van der Waals surface area contributed by atoms with Crippen LogP contribution in [0.4, 0.5) is 0 Å². The first-order chi connectivity index (χ1) is 8.22. The second-order valence-electron chi connectivity index (χ2n) is 3.80. The van der Waals surface area contributed by atoms with Crippen molar-refractivity contribution in [2.75, 3.05) is 0 Å². The molecule has 0 radical (unpaired) electrons. The van der Waals surface area contributed by atoms with E-state index in [1.54, 1.807) is 0 Å². The first kappa shape index (κ1) is 10.7. The fraction of sp³-hybridized carbons (Fsp3) is 0. The molecule has 0 aliphatic carbocycles. The maximum Gasteiger partial charge on any atom is 0.138 e. The van der Waals surface area contributed by atoms with Crippen molar-refractivity contribution in [3.8, 4) is 11.4 Å². The van der Waals surface area contributed by atoms with Crippen LogP contribution in [0.5, 0.6) is 0 Å². The Morgan fingerprint density at radius 2 is 2.00 bits per heavy atom. The van der Waals surface area contributed by atoms with Gasteiger partial charge in [0.1, 0.15) is 5.82 Å². The summed E-state index contributed by atoms with van der Waals surface area (Å²) >= 11 is 10.3. The normalized spacial score (nSPS) is 10.9. The second kappa shape index (κ2) is 4.09. The van der Waals surface area contributed by atoms with Crippen molar-refractivity contribution in [3.05, 3.63) is 47.5 Å². The number of aromatic nitrogens is 2. The number of nitrogens with zero attached hydrogens (tertiary/aromatic N) is 1. The summed E-state index contributed by atoms with van der Waals surface area (Å²) in [6, 6.07) is 13.5. The van der Waals surface area contributed by atoms with E-state index in [0.29, 0.717) is 5.02 Å². The van der Waals surface area contributed by atoms with E-state index >= 15 is 0 Å². The summed E-state index contributed by atoms with van der Waals surface area (Å²) in [7, 11) is 0. The Bertz CT molecular complexity index is 691. The zero-order valence-corrected chi connectivity index (χ0v) is 10.5. The van der Waals surface area contributed by atoms with E-state index < -0.39 is 0 Å². The van der Waals surface area contributed by atoms with Crippen LogP contribution in [-0.4, -0.2) is 9.97 Å². The minimum atomic E-state index is 0.706. The number of fused-ring (bicyclic) bond motifs is 1. The summed E-state index contributed by atoms with van der Waals surface area (Å²) < 4.78 is 0. The number of thiol groups is 1. The second-order valence-corrected chi connectivity index (χ2v) is 4.75. The topological polar surface area (TPSA) is 28.7 Å². The van der Waals surface area contributed by atoms with Gasteiger partial charge in [-0.1, -0.05) is 23.7 Å². The van der Waals surface area contributed by atoms with Crippen LogP contribution in [0.2, 0.25) is 5.02 Å². The standard InChI is InChI=1S/C13H9ClN2S/c14-9-3-1-2-8(6-9)13-15-11-5-4-10(17)7-12(11)16-13/h1-7,17H,(H,15,16). The molecule has 84 valence electrons. The van der Waals surface area contributed by atoms with Gasteiger partial charge in [0.25, 0.3) is 0 Å². The fourth-order valence-electron chi connectivity index (χ4n) is 1.77. The number of halogens is 1. The van der Waals surface area contributed by atoms with Crippen LogP contribution < -0.4 is 0 Å². The lowest BCUT2D eigenvalue weighted by Gasteiger charge is -1.96. The summed E-state index contributed by atoms with van der Waals surface area (Å²) in [6.45, 7) is 0. The SMILES string of the molecule is Sc1ccc2nc(-c3cccc(Cl)c3)[nH]c2c1. The van der Waals surface area contributed by atoms with Crippen molar-refractivity contribution in [3.63, 3.8) is 0 Å². The third-order valence-corrected chi connectivity index (χ3v) is 3.08. The van der Waals surface area contributed by atoms with E-state index in [-0.39, 0.29) is 0 Å². The molecule has 2 aromatic carbocycles. The average molecular weight is 261 g/mol. The molecule has 0 fully saturated rings. The summed E-state index contributed by atoms with van der Waals surface area (Å²) in [5, 5.41) is 0.706. The molecule has 1 aromatic heterocycles. The van der Waals surface area contributed by atoms with Gasteiger partial charge in [-0.05, 0) is 30.3 Å². The molecule has 1 heterocycles. The third kappa shape index (κ3) is 2.04. The molecule has 2 nitrogen and oxygen atoms in total. The van der Waals surface area contributed by atoms with Gasteiger partial charge < -0.3 is 4.98 Å². The van der Waals surface area contributed by atoms with Crippen LogP contribution in [0.3, 0.4) is 0 Å². The van der Waals surface area contributed by atoms with Gasteiger partial charge in [0, 0.05) is 15.5 Å². The number of hydrogen-bond acceptors (Lipinski definition) is 2. The number of nitrogens with one attached hydrogen (secondary N) is 1.